The molecular weight excluding hydrogens is 344 g/mol. The average Bonchev–Trinajstić information content (AvgIpc) is 3.16. The fraction of sp³-hybridized carbons (Fsp3) is 0.238. The van der Waals surface area contributed by atoms with Crippen LogP contribution in [0.4, 0.5) is 0 Å². The lowest BCUT2D eigenvalue weighted by atomic mass is 9.91. The second-order valence-corrected chi connectivity index (χ2v) is 7.11. The Morgan fingerprint density at radius 3 is 2.22 bits per heavy atom. The Bertz CT molecular complexity index is 956. The van der Waals surface area contributed by atoms with E-state index in [0.717, 1.165) is 5.56 Å². The average molecular weight is 364 g/mol. The van der Waals surface area contributed by atoms with Crippen LogP contribution in [-0.2, 0) is 9.53 Å². The molecule has 138 valence electrons. The van der Waals surface area contributed by atoms with Gasteiger partial charge in [-0.2, -0.15) is 0 Å². The van der Waals surface area contributed by atoms with Gasteiger partial charge in [0.05, 0.1) is 5.56 Å². The molecule has 1 aromatic heterocycles. The minimum Gasteiger partial charge on any atom is -0.454 e. The van der Waals surface area contributed by atoms with E-state index in [1.165, 1.54) is 0 Å². The predicted molar refractivity (Wildman–Crippen MR) is 99.9 cm³/mol. The molecule has 0 aliphatic rings. The van der Waals surface area contributed by atoms with Crippen molar-refractivity contribution in [3.05, 3.63) is 60.2 Å². The quantitative estimate of drug-likeness (QED) is 0.632. The summed E-state index contributed by atoms with van der Waals surface area (Å²) in [4.78, 5) is 24.2. The van der Waals surface area contributed by atoms with Gasteiger partial charge in [0.1, 0.15) is 0 Å². The Morgan fingerprint density at radius 2 is 1.56 bits per heavy atom. The van der Waals surface area contributed by atoms with Crippen molar-refractivity contribution in [2.75, 3.05) is 6.61 Å². The van der Waals surface area contributed by atoms with E-state index in [9.17, 15) is 9.59 Å². The fourth-order valence-electron chi connectivity index (χ4n) is 2.25. The third kappa shape index (κ3) is 4.47. The fourth-order valence-corrected chi connectivity index (χ4v) is 2.25. The minimum absolute atomic E-state index is 0.142. The summed E-state index contributed by atoms with van der Waals surface area (Å²) in [5.41, 5.74) is 1.17. The number of ether oxygens (including phenoxy) is 1. The first-order valence-electron chi connectivity index (χ1n) is 8.54. The molecule has 0 N–H and O–H groups in total. The van der Waals surface area contributed by atoms with Crippen LogP contribution in [0.2, 0.25) is 0 Å². The maximum absolute atomic E-state index is 12.2. The number of carbonyl (C=O) groups excluding carboxylic acids is 2. The van der Waals surface area contributed by atoms with Gasteiger partial charge in [0, 0.05) is 16.5 Å². The standard InChI is InChI=1S/C21H20N2O4/c1-21(2,3)17(24)13-26-20(25)16-11-7-10-15(12-16)19-23-22-18(27-19)14-8-5-4-6-9-14/h4-12H,13H2,1-3H3. The van der Waals surface area contributed by atoms with Gasteiger partial charge in [-0.15, -0.1) is 10.2 Å². The second-order valence-electron chi connectivity index (χ2n) is 7.11. The molecule has 0 amide bonds. The number of Topliss-reactive ketones (excluding diaryl/α,β-unsaturated/α-hetero) is 1. The van der Waals surface area contributed by atoms with Crippen molar-refractivity contribution in [1.82, 2.24) is 10.2 Å². The molecule has 0 saturated carbocycles. The molecule has 0 fully saturated rings. The van der Waals surface area contributed by atoms with Crippen LogP contribution in [0.3, 0.4) is 0 Å². The number of rotatable bonds is 5. The van der Waals surface area contributed by atoms with Crippen molar-refractivity contribution in [2.24, 2.45) is 5.41 Å². The first-order chi connectivity index (χ1) is 12.8. The summed E-state index contributed by atoms with van der Waals surface area (Å²) in [5.74, 6) is -0.0164. The molecule has 2 aromatic carbocycles. The summed E-state index contributed by atoms with van der Waals surface area (Å²) < 4.78 is 10.8. The molecule has 3 aromatic rings. The van der Waals surface area contributed by atoms with Gasteiger partial charge in [-0.1, -0.05) is 45.0 Å². The molecule has 3 rings (SSSR count). The van der Waals surface area contributed by atoms with Crippen molar-refractivity contribution in [2.45, 2.75) is 20.8 Å². The van der Waals surface area contributed by atoms with Crippen molar-refractivity contribution >= 4 is 11.8 Å². The van der Waals surface area contributed by atoms with E-state index in [1.54, 1.807) is 45.0 Å². The molecule has 0 saturated heterocycles. The SMILES string of the molecule is CC(C)(C)C(=O)COC(=O)c1cccc(-c2nnc(-c3ccccc3)o2)c1. The third-order valence-electron chi connectivity index (χ3n) is 3.96. The van der Waals surface area contributed by atoms with Crippen molar-refractivity contribution in [1.29, 1.82) is 0 Å². The summed E-state index contributed by atoms with van der Waals surface area (Å²) in [7, 11) is 0. The van der Waals surface area contributed by atoms with Crippen LogP contribution < -0.4 is 0 Å². The van der Waals surface area contributed by atoms with E-state index in [-0.39, 0.29) is 12.4 Å². The minimum atomic E-state index is -0.572. The van der Waals surface area contributed by atoms with E-state index in [1.807, 2.05) is 30.3 Å². The van der Waals surface area contributed by atoms with Crippen molar-refractivity contribution in [3.63, 3.8) is 0 Å². The van der Waals surface area contributed by atoms with Crippen LogP contribution in [0.1, 0.15) is 31.1 Å². The van der Waals surface area contributed by atoms with Gasteiger partial charge in [-0.05, 0) is 30.3 Å². The smallest absolute Gasteiger partial charge is 0.338 e. The molecule has 27 heavy (non-hydrogen) atoms. The second kappa shape index (κ2) is 7.53. The Kier molecular flexibility index (Phi) is 5.16. The molecule has 0 aliphatic heterocycles. The molecule has 0 unspecified atom stereocenters. The number of nitrogens with zero attached hydrogens (tertiary/aromatic N) is 2. The lowest BCUT2D eigenvalue weighted by Crippen LogP contribution is -2.26. The van der Waals surface area contributed by atoms with Crippen LogP contribution >= 0.6 is 0 Å². The van der Waals surface area contributed by atoms with Gasteiger partial charge in [0.15, 0.2) is 12.4 Å². The number of esters is 1. The number of benzene rings is 2. The monoisotopic (exact) mass is 364 g/mol. The molecule has 0 radical (unpaired) electrons. The highest BCUT2D eigenvalue weighted by atomic mass is 16.5. The summed E-state index contributed by atoms with van der Waals surface area (Å²) in [6.07, 6.45) is 0. The highest BCUT2D eigenvalue weighted by molar-refractivity contribution is 5.93. The molecule has 0 spiro atoms. The molecule has 1 heterocycles. The highest BCUT2D eigenvalue weighted by Crippen LogP contribution is 2.24. The number of hydrogen-bond acceptors (Lipinski definition) is 6. The molecule has 0 bridgehead atoms. The number of carbonyl (C=O) groups is 2. The van der Waals surface area contributed by atoms with Crippen LogP contribution in [0, 0.1) is 5.41 Å². The first kappa shape index (κ1) is 18.5. The van der Waals surface area contributed by atoms with Crippen LogP contribution in [0.25, 0.3) is 22.9 Å². The summed E-state index contributed by atoms with van der Waals surface area (Å²) in [5, 5.41) is 8.09. The topological polar surface area (TPSA) is 82.3 Å². The van der Waals surface area contributed by atoms with Crippen LogP contribution in [-0.4, -0.2) is 28.6 Å². The molecule has 6 heteroatoms. The Labute approximate surface area is 157 Å². The predicted octanol–water partition coefficient (Wildman–Crippen LogP) is 4.18. The molecular formula is C21H20N2O4. The lowest BCUT2D eigenvalue weighted by Gasteiger charge is -2.16. The van der Waals surface area contributed by atoms with Gasteiger partial charge >= 0.3 is 5.97 Å². The van der Waals surface area contributed by atoms with Gasteiger partial charge < -0.3 is 9.15 Å². The van der Waals surface area contributed by atoms with E-state index in [4.69, 9.17) is 9.15 Å². The normalized spacial score (nSPS) is 11.2. The zero-order chi connectivity index (χ0) is 19.4. The maximum atomic E-state index is 12.2. The summed E-state index contributed by atoms with van der Waals surface area (Å²) >= 11 is 0. The Balaban J connectivity index is 1.75. The van der Waals surface area contributed by atoms with E-state index >= 15 is 0 Å². The van der Waals surface area contributed by atoms with Crippen LogP contribution in [0.15, 0.2) is 59.0 Å². The summed E-state index contributed by atoms with van der Waals surface area (Å²) in [6, 6.07) is 16.1. The third-order valence-corrected chi connectivity index (χ3v) is 3.96. The summed E-state index contributed by atoms with van der Waals surface area (Å²) in [6.45, 7) is 5.09. The maximum Gasteiger partial charge on any atom is 0.338 e. The molecule has 0 aliphatic carbocycles. The highest BCUT2D eigenvalue weighted by Gasteiger charge is 2.23. The first-order valence-corrected chi connectivity index (χ1v) is 8.54. The van der Waals surface area contributed by atoms with E-state index in [0.29, 0.717) is 22.9 Å². The zero-order valence-corrected chi connectivity index (χ0v) is 15.4. The molecule has 6 nitrogen and oxygen atoms in total. The Morgan fingerprint density at radius 1 is 0.926 bits per heavy atom. The zero-order valence-electron chi connectivity index (χ0n) is 15.4. The van der Waals surface area contributed by atoms with Gasteiger partial charge in [-0.3, -0.25) is 4.79 Å². The van der Waals surface area contributed by atoms with Crippen LogP contribution in [0.5, 0.6) is 0 Å². The van der Waals surface area contributed by atoms with Crippen molar-refractivity contribution < 1.29 is 18.7 Å². The Hall–Kier alpha value is -3.28. The number of aromatic nitrogens is 2. The molecule has 0 atom stereocenters. The van der Waals surface area contributed by atoms with Gasteiger partial charge in [0.25, 0.3) is 0 Å². The van der Waals surface area contributed by atoms with Gasteiger partial charge in [-0.25, -0.2) is 4.79 Å². The lowest BCUT2D eigenvalue weighted by molar-refractivity contribution is -0.129. The largest absolute Gasteiger partial charge is 0.454 e. The van der Waals surface area contributed by atoms with E-state index in [2.05, 4.69) is 10.2 Å². The van der Waals surface area contributed by atoms with Crippen molar-refractivity contribution in [3.8, 4) is 22.9 Å². The number of hydrogen-bond donors (Lipinski definition) is 0. The number of ketones is 1. The van der Waals surface area contributed by atoms with Gasteiger partial charge in [0.2, 0.25) is 11.8 Å². The van der Waals surface area contributed by atoms with E-state index < -0.39 is 11.4 Å².